The zero-order valence-corrected chi connectivity index (χ0v) is 6.24. The van der Waals surface area contributed by atoms with Gasteiger partial charge < -0.3 is 14.3 Å². The average molecular weight is 144 g/mol. The Morgan fingerprint density at radius 2 is 2.40 bits per heavy atom. The van der Waals surface area contributed by atoms with Gasteiger partial charge in [0.05, 0.1) is 6.10 Å². The number of carbonyl (C=O) groups is 1. The molecule has 0 N–H and O–H groups in total. The van der Waals surface area contributed by atoms with E-state index in [0.717, 1.165) is 6.29 Å². The normalized spacial score (nSPS) is 40.0. The fourth-order valence-corrected chi connectivity index (χ4v) is 1.13. The summed E-state index contributed by atoms with van der Waals surface area (Å²) in [6.07, 6.45) is 1.47. The quantitative estimate of drug-likeness (QED) is 0.532. The maximum Gasteiger partial charge on any atom is 0.158 e. The zero-order chi connectivity index (χ0) is 7.56. The molecule has 0 aromatic heterocycles. The Labute approximate surface area is 60.3 Å². The number of aldehydes is 1. The number of rotatable bonds is 2. The highest BCUT2D eigenvalue weighted by Crippen LogP contribution is 2.24. The molecule has 3 nitrogen and oxygen atoms in total. The van der Waals surface area contributed by atoms with E-state index in [1.165, 1.54) is 0 Å². The monoisotopic (exact) mass is 144 g/mol. The van der Waals surface area contributed by atoms with Crippen molar-refractivity contribution in [1.29, 1.82) is 0 Å². The van der Waals surface area contributed by atoms with Gasteiger partial charge in [-0.05, 0) is 6.92 Å². The third-order valence-electron chi connectivity index (χ3n) is 1.87. The van der Waals surface area contributed by atoms with Crippen LogP contribution in [0.2, 0.25) is 0 Å². The molecule has 0 saturated carbocycles. The topological polar surface area (TPSA) is 35.5 Å². The van der Waals surface area contributed by atoms with Crippen molar-refractivity contribution in [2.24, 2.45) is 5.92 Å². The lowest BCUT2D eigenvalue weighted by Gasteiger charge is -2.06. The van der Waals surface area contributed by atoms with Crippen LogP contribution in [0, 0.1) is 5.92 Å². The van der Waals surface area contributed by atoms with Crippen molar-refractivity contribution < 1.29 is 14.3 Å². The number of ether oxygens (including phenoxy) is 2. The molecule has 1 saturated heterocycles. The second-order valence-electron chi connectivity index (χ2n) is 2.54. The Kier molecular flexibility index (Phi) is 2.40. The molecular weight excluding hydrogens is 132 g/mol. The summed E-state index contributed by atoms with van der Waals surface area (Å²) in [7, 11) is 1.59. The minimum Gasteiger partial charge on any atom is -0.356 e. The molecule has 1 fully saturated rings. The van der Waals surface area contributed by atoms with Crippen LogP contribution in [0.5, 0.6) is 0 Å². The average Bonchev–Trinajstić information content (AvgIpc) is 2.30. The van der Waals surface area contributed by atoms with Crippen LogP contribution < -0.4 is 0 Å². The van der Waals surface area contributed by atoms with Gasteiger partial charge in [-0.1, -0.05) is 0 Å². The van der Waals surface area contributed by atoms with E-state index in [0.29, 0.717) is 6.42 Å². The third-order valence-corrected chi connectivity index (χ3v) is 1.87. The van der Waals surface area contributed by atoms with Gasteiger partial charge in [0.1, 0.15) is 6.29 Å². The SMILES string of the molecule is COC1CC(C=O)C(C)O1. The first-order valence-electron chi connectivity index (χ1n) is 3.41. The molecule has 3 atom stereocenters. The van der Waals surface area contributed by atoms with Crippen molar-refractivity contribution in [2.75, 3.05) is 7.11 Å². The van der Waals surface area contributed by atoms with E-state index < -0.39 is 0 Å². The predicted molar refractivity (Wildman–Crippen MR) is 35.5 cm³/mol. The van der Waals surface area contributed by atoms with Crippen LogP contribution >= 0.6 is 0 Å². The van der Waals surface area contributed by atoms with Crippen LogP contribution in [0.3, 0.4) is 0 Å². The van der Waals surface area contributed by atoms with Crippen molar-refractivity contribution in [3.8, 4) is 0 Å². The van der Waals surface area contributed by atoms with Crippen LogP contribution in [0.25, 0.3) is 0 Å². The van der Waals surface area contributed by atoms with Gasteiger partial charge in [0.25, 0.3) is 0 Å². The molecule has 0 spiro atoms. The Balaban J connectivity index is 2.43. The van der Waals surface area contributed by atoms with Crippen LogP contribution in [-0.2, 0) is 14.3 Å². The molecule has 0 aromatic rings. The van der Waals surface area contributed by atoms with E-state index in [9.17, 15) is 4.79 Å². The summed E-state index contributed by atoms with van der Waals surface area (Å²) in [5.41, 5.74) is 0. The lowest BCUT2D eigenvalue weighted by Crippen LogP contribution is -2.12. The summed E-state index contributed by atoms with van der Waals surface area (Å²) in [5.74, 6) is 0.0185. The Morgan fingerprint density at radius 1 is 1.70 bits per heavy atom. The van der Waals surface area contributed by atoms with Gasteiger partial charge >= 0.3 is 0 Å². The highest BCUT2D eigenvalue weighted by atomic mass is 16.7. The molecule has 10 heavy (non-hydrogen) atoms. The smallest absolute Gasteiger partial charge is 0.158 e. The summed E-state index contributed by atoms with van der Waals surface area (Å²) >= 11 is 0. The first kappa shape index (κ1) is 7.69. The van der Waals surface area contributed by atoms with Gasteiger partial charge in [0, 0.05) is 19.4 Å². The maximum absolute atomic E-state index is 10.3. The van der Waals surface area contributed by atoms with Crippen LogP contribution in [0.15, 0.2) is 0 Å². The van der Waals surface area contributed by atoms with E-state index in [1.807, 2.05) is 6.92 Å². The molecule has 1 aliphatic rings. The van der Waals surface area contributed by atoms with E-state index >= 15 is 0 Å². The second kappa shape index (κ2) is 3.12. The highest BCUT2D eigenvalue weighted by Gasteiger charge is 2.31. The van der Waals surface area contributed by atoms with Gasteiger partial charge in [-0.25, -0.2) is 0 Å². The molecule has 1 aliphatic heterocycles. The van der Waals surface area contributed by atoms with E-state index in [4.69, 9.17) is 9.47 Å². The van der Waals surface area contributed by atoms with E-state index in [-0.39, 0.29) is 18.3 Å². The van der Waals surface area contributed by atoms with Gasteiger partial charge in [-0.3, -0.25) is 0 Å². The molecule has 58 valence electrons. The van der Waals surface area contributed by atoms with Crippen LogP contribution in [0.1, 0.15) is 13.3 Å². The summed E-state index contributed by atoms with van der Waals surface area (Å²) < 4.78 is 10.2. The fourth-order valence-electron chi connectivity index (χ4n) is 1.13. The van der Waals surface area contributed by atoms with Crippen molar-refractivity contribution in [3.05, 3.63) is 0 Å². The molecule has 3 unspecified atom stereocenters. The predicted octanol–water partition coefficient (Wildman–Crippen LogP) is 0.583. The number of hydrogen-bond donors (Lipinski definition) is 0. The first-order valence-corrected chi connectivity index (χ1v) is 3.41. The summed E-state index contributed by atoms with van der Waals surface area (Å²) in [5, 5.41) is 0. The zero-order valence-electron chi connectivity index (χ0n) is 6.24. The molecule has 1 rings (SSSR count). The molecule has 0 amide bonds. The van der Waals surface area contributed by atoms with Crippen molar-refractivity contribution in [3.63, 3.8) is 0 Å². The highest BCUT2D eigenvalue weighted by molar-refractivity contribution is 5.54. The molecule has 0 bridgehead atoms. The fraction of sp³-hybridized carbons (Fsp3) is 0.857. The summed E-state index contributed by atoms with van der Waals surface area (Å²) in [4.78, 5) is 10.3. The second-order valence-corrected chi connectivity index (χ2v) is 2.54. The number of carbonyl (C=O) groups excluding carboxylic acids is 1. The first-order chi connectivity index (χ1) is 4.77. The van der Waals surface area contributed by atoms with Crippen molar-refractivity contribution in [1.82, 2.24) is 0 Å². The largest absolute Gasteiger partial charge is 0.356 e. The van der Waals surface area contributed by atoms with Gasteiger partial charge in [0.15, 0.2) is 6.29 Å². The molecule has 3 heteroatoms. The van der Waals surface area contributed by atoms with Crippen LogP contribution in [-0.4, -0.2) is 25.8 Å². The Bertz CT molecular complexity index is 124. The third kappa shape index (κ3) is 1.36. The standard InChI is InChI=1S/C7H12O3/c1-5-6(4-8)3-7(9-2)10-5/h4-7H,3H2,1-2H3. The van der Waals surface area contributed by atoms with Crippen molar-refractivity contribution in [2.45, 2.75) is 25.7 Å². The number of hydrogen-bond acceptors (Lipinski definition) is 3. The molecule has 0 aromatic carbocycles. The molecule has 0 aliphatic carbocycles. The molecular formula is C7H12O3. The number of methoxy groups -OCH3 is 1. The van der Waals surface area contributed by atoms with E-state index in [1.54, 1.807) is 7.11 Å². The lowest BCUT2D eigenvalue weighted by atomic mass is 10.1. The molecule has 0 radical (unpaired) electrons. The summed E-state index contributed by atoms with van der Waals surface area (Å²) in [6.45, 7) is 1.89. The maximum atomic E-state index is 10.3. The van der Waals surface area contributed by atoms with Crippen LogP contribution in [0.4, 0.5) is 0 Å². The minimum absolute atomic E-state index is 0.0162. The molecule has 1 heterocycles. The van der Waals surface area contributed by atoms with Gasteiger partial charge in [0.2, 0.25) is 0 Å². The van der Waals surface area contributed by atoms with Crippen molar-refractivity contribution >= 4 is 6.29 Å². The van der Waals surface area contributed by atoms with Gasteiger partial charge in [-0.2, -0.15) is 0 Å². The van der Waals surface area contributed by atoms with E-state index in [2.05, 4.69) is 0 Å². The Hall–Kier alpha value is -0.410. The minimum atomic E-state index is -0.176. The Morgan fingerprint density at radius 3 is 2.70 bits per heavy atom. The summed E-state index contributed by atoms with van der Waals surface area (Å²) in [6, 6.07) is 0. The van der Waals surface area contributed by atoms with Gasteiger partial charge in [-0.15, -0.1) is 0 Å². The lowest BCUT2D eigenvalue weighted by molar-refractivity contribution is -0.116.